The molecular weight excluding hydrogens is 269 g/mol. The Bertz CT molecular complexity index is 308. The molecule has 0 aromatic carbocycles. The number of urea groups is 1. The third-order valence-electron chi connectivity index (χ3n) is 1.98. The second-order valence-corrected chi connectivity index (χ2v) is 4.02. The van der Waals surface area contributed by atoms with Crippen LogP contribution in [0.5, 0.6) is 0 Å². The van der Waals surface area contributed by atoms with Crippen molar-refractivity contribution in [1.29, 1.82) is 0 Å². The molecule has 2 amide bonds. The Kier molecular flexibility index (Phi) is 7.20. The van der Waals surface area contributed by atoms with E-state index >= 15 is 0 Å². The number of nitrogens with one attached hydrogen (secondary N) is 1. The number of hydrogen-bond acceptors (Lipinski definition) is 3. The number of hydrogen-bond donors (Lipinski definition) is 2. The van der Waals surface area contributed by atoms with Crippen LogP contribution in [0.25, 0.3) is 0 Å². The Morgan fingerprint density at radius 3 is 2.37 bits per heavy atom. The predicted molar refractivity (Wildman–Crippen MR) is 59.8 cm³/mol. The van der Waals surface area contributed by atoms with Crippen molar-refractivity contribution in [3.63, 3.8) is 0 Å². The molecule has 0 aliphatic carbocycles. The summed E-state index contributed by atoms with van der Waals surface area (Å²) in [5.74, 6) is -1.16. The Balaban J connectivity index is 4.09. The molecule has 0 spiro atoms. The van der Waals surface area contributed by atoms with E-state index in [0.29, 0.717) is 4.90 Å². The maximum atomic E-state index is 12.2. The minimum Gasteiger partial charge on any atom is -0.480 e. The van der Waals surface area contributed by atoms with Crippen molar-refractivity contribution in [2.75, 3.05) is 26.3 Å². The van der Waals surface area contributed by atoms with E-state index in [1.54, 1.807) is 0 Å². The molecule has 0 atom stereocenters. The van der Waals surface area contributed by atoms with Crippen LogP contribution in [-0.2, 0) is 9.53 Å². The van der Waals surface area contributed by atoms with Gasteiger partial charge in [0.05, 0.1) is 6.61 Å². The number of alkyl halides is 3. The topological polar surface area (TPSA) is 78.9 Å². The molecule has 6 nitrogen and oxygen atoms in total. The highest BCUT2D eigenvalue weighted by molar-refractivity contribution is 5.74. The first-order valence-electron chi connectivity index (χ1n) is 5.54. The number of ether oxygens (including phenoxy) is 1. The summed E-state index contributed by atoms with van der Waals surface area (Å²) in [7, 11) is 0. The van der Waals surface area contributed by atoms with E-state index in [1.165, 1.54) is 13.8 Å². The fourth-order valence-corrected chi connectivity index (χ4v) is 1.17. The van der Waals surface area contributed by atoms with E-state index in [0.717, 1.165) is 0 Å². The van der Waals surface area contributed by atoms with Gasteiger partial charge in [0.2, 0.25) is 0 Å². The summed E-state index contributed by atoms with van der Waals surface area (Å²) < 4.78 is 41.4. The monoisotopic (exact) mass is 286 g/mol. The Labute approximate surface area is 108 Å². The first-order chi connectivity index (χ1) is 8.63. The van der Waals surface area contributed by atoms with Crippen molar-refractivity contribution in [3.05, 3.63) is 0 Å². The van der Waals surface area contributed by atoms with Gasteiger partial charge in [-0.25, -0.2) is 9.59 Å². The zero-order valence-electron chi connectivity index (χ0n) is 10.7. The number of halogens is 3. The first kappa shape index (κ1) is 17.5. The standard InChI is InChI=1S/C10H17F3N2O4/c1-7(2)15(6-10(11,12)13)9(18)14-3-4-19-5-8(16)17/h7H,3-6H2,1-2H3,(H,14,18)(H,16,17). The van der Waals surface area contributed by atoms with E-state index in [4.69, 9.17) is 5.11 Å². The summed E-state index contributed by atoms with van der Waals surface area (Å²) in [5, 5.41) is 10.5. The summed E-state index contributed by atoms with van der Waals surface area (Å²) >= 11 is 0. The van der Waals surface area contributed by atoms with Gasteiger partial charge in [-0.2, -0.15) is 13.2 Å². The van der Waals surface area contributed by atoms with Crippen molar-refractivity contribution in [1.82, 2.24) is 10.2 Å². The molecule has 0 saturated heterocycles. The van der Waals surface area contributed by atoms with Gasteiger partial charge >= 0.3 is 18.2 Å². The maximum Gasteiger partial charge on any atom is 0.406 e. The minimum absolute atomic E-state index is 0.0623. The molecule has 19 heavy (non-hydrogen) atoms. The summed E-state index contributed by atoms with van der Waals surface area (Å²) in [6.07, 6.45) is -4.47. The largest absolute Gasteiger partial charge is 0.480 e. The van der Waals surface area contributed by atoms with E-state index in [2.05, 4.69) is 10.1 Å². The number of carbonyl (C=O) groups is 2. The Morgan fingerprint density at radius 2 is 1.95 bits per heavy atom. The smallest absolute Gasteiger partial charge is 0.406 e. The van der Waals surface area contributed by atoms with Crippen LogP contribution < -0.4 is 5.32 Å². The van der Waals surface area contributed by atoms with Crippen molar-refractivity contribution < 1.29 is 32.6 Å². The minimum atomic E-state index is -4.47. The van der Waals surface area contributed by atoms with Gasteiger partial charge in [-0.1, -0.05) is 0 Å². The molecule has 9 heteroatoms. The molecule has 0 aliphatic rings. The molecule has 112 valence electrons. The van der Waals surface area contributed by atoms with Crippen LogP contribution in [0, 0.1) is 0 Å². The molecule has 0 saturated carbocycles. The van der Waals surface area contributed by atoms with Crippen LogP contribution in [0.2, 0.25) is 0 Å². The SMILES string of the molecule is CC(C)N(CC(F)(F)F)C(=O)NCCOCC(=O)O. The van der Waals surface area contributed by atoms with Gasteiger partial charge in [0, 0.05) is 12.6 Å². The second kappa shape index (κ2) is 7.82. The number of aliphatic carboxylic acids is 1. The van der Waals surface area contributed by atoms with Crippen LogP contribution in [0.3, 0.4) is 0 Å². The lowest BCUT2D eigenvalue weighted by Crippen LogP contribution is -2.48. The molecule has 0 rings (SSSR count). The van der Waals surface area contributed by atoms with Crippen molar-refractivity contribution in [3.8, 4) is 0 Å². The van der Waals surface area contributed by atoms with Crippen LogP contribution in [-0.4, -0.2) is 60.5 Å². The third-order valence-corrected chi connectivity index (χ3v) is 1.98. The van der Waals surface area contributed by atoms with Crippen LogP contribution >= 0.6 is 0 Å². The van der Waals surface area contributed by atoms with Gasteiger partial charge in [0.25, 0.3) is 0 Å². The highest BCUT2D eigenvalue weighted by atomic mass is 19.4. The number of carbonyl (C=O) groups excluding carboxylic acids is 1. The van der Waals surface area contributed by atoms with Crippen molar-refractivity contribution >= 4 is 12.0 Å². The maximum absolute atomic E-state index is 12.2. The molecule has 0 aliphatic heterocycles. The molecular formula is C10H17F3N2O4. The average Bonchev–Trinajstić information content (AvgIpc) is 2.23. The quantitative estimate of drug-likeness (QED) is 0.686. The first-order valence-corrected chi connectivity index (χ1v) is 5.54. The van der Waals surface area contributed by atoms with E-state index < -0.39 is 37.4 Å². The molecule has 0 aromatic rings. The zero-order valence-corrected chi connectivity index (χ0v) is 10.7. The number of rotatable bonds is 7. The fourth-order valence-electron chi connectivity index (χ4n) is 1.17. The number of amides is 2. The second-order valence-electron chi connectivity index (χ2n) is 4.02. The van der Waals surface area contributed by atoms with E-state index in [1.807, 2.05) is 0 Å². The zero-order chi connectivity index (χ0) is 15.1. The number of carboxylic acid groups (broad SMARTS) is 1. The van der Waals surface area contributed by atoms with E-state index in [9.17, 15) is 22.8 Å². The molecule has 0 unspecified atom stereocenters. The number of nitrogens with zero attached hydrogens (tertiary/aromatic N) is 1. The average molecular weight is 286 g/mol. The lowest BCUT2D eigenvalue weighted by molar-refractivity contribution is -0.143. The molecule has 0 heterocycles. The van der Waals surface area contributed by atoms with Gasteiger partial charge in [-0.15, -0.1) is 0 Å². The van der Waals surface area contributed by atoms with Crippen LogP contribution in [0.1, 0.15) is 13.8 Å². The summed E-state index contributed by atoms with van der Waals surface area (Å²) in [4.78, 5) is 22.2. The highest BCUT2D eigenvalue weighted by Gasteiger charge is 2.34. The molecule has 0 aromatic heterocycles. The van der Waals surface area contributed by atoms with Crippen LogP contribution in [0.15, 0.2) is 0 Å². The molecule has 0 bridgehead atoms. The molecule has 0 fully saturated rings. The van der Waals surface area contributed by atoms with Gasteiger partial charge in [0.15, 0.2) is 0 Å². The summed E-state index contributed by atoms with van der Waals surface area (Å²) in [6, 6.07) is -1.48. The lowest BCUT2D eigenvalue weighted by Gasteiger charge is -2.27. The molecule has 2 N–H and O–H groups in total. The van der Waals surface area contributed by atoms with Gasteiger partial charge in [-0.3, -0.25) is 0 Å². The summed E-state index contributed by atoms with van der Waals surface area (Å²) in [5.41, 5.74) is 0. The lowest BCUT2D eigenvalue weighted by atomic mass is 10.3. The Morgan fingerprint density at radius 1 is 1.37 bits per heavy atom. The molecule has 0 radical (unpaired) electrons. The fraction of sp³-hybridized carbons (Fsp3) is 0.800. The predicted octanol–water partition coefficient (Wildman–Crippen LogP) is 1.07. The summed E-state index contributed by atoms with van der Waals surface area (Å²) in [6.45, 7) is 0.917. The third kappa shape index (κ3) is 9.11. The number of carboxylic acids is 1. The van der Waals surface area contributed by atoms with Crippen molar-refractivity contribution in [2.24, 2.45) is 0 Å². The normalized spacial score (nSPS) is 11.5. The highest BCUT2D eigenvalue weighted by Crippen LogP contribution is 2.17. The van der Waals surface area contributed by atoms with Gasteiger partial charge in [-0.05, 0) is 13.8 Å². The van der Waals surface area contributed by atoms with Crippen molar-refractivity contribution in [2.45, 2.75) is 26.1 Å². The van der Waals surface area contributed by atoms with Crippen LogP contribution in [0.4, 0.5) is 18.0 Å². The van der Waals surface area contributed by atoms with Gasteiger partial charge in [0.1, 0.15) is 13.2 Å². The van der Waals surface area contributed by atoms with E-state index in [-0.39, 0.29) is 13.2 Å². The Hall–Kier alpha value is -1.51. The van der Waals surface area contributed by atoms with Gasteiger partial charge < -0.3 is 20.1 Å².